The lowest BCUT2D eigenvalue weighted by atomic mass is 10.1. The minimum absolute atomic E-state index is 0. The summed E-state index contributed by atoms with van der Waals surface area (Å²) in [5.74, 6) is -1.21. The van der Waals surface area contributed by atoms with Gasteiger partial charge in [-0.2, -0.15) is 0 Å². The highest BCUT2D eigenvalue weighted by Crippen LogP contribution is 2.32. The van der Waals surface area contributed by atoms with E-state index in [-0.39, 0.29) is 17.3 Å². The zero-order valence-electron chi connectivity index (χ0n) is 30.2. The average molecular weight is 717 g/mol. The molecule has 6 rings (SSSR count). The Morgan fingerprint density at radius 1 is 0.692 bits per heavy atom. The summed E-state index contributed by atoms with van der Waals surface area (Å²) in [6.45, 7) is 9.96. The number of amides is 1. The van der Waals surface area contributed by atoms with Gasteiger partial charge in [0.05, 0.1) is 12.7 Å². The van der Waals surface area contributed by atoms with Crippen LogP contribution in [0.5, 0.6) is 0 Å². The second-order valence-corrected chi connectivity index (χ2v) is 12.3. The topological polar surface area (TPSA) is 175 Å². The number of carbonyl (C=O) groups excluding carboxylic acids is 2. The fourth-order valence-electron chi connectivity index (χ4n) is 5.18. The van der Waals surface area contributed by atoms with Crippen LogP contribution in [0.1, 0.15) is 59.5 Å². The molecule has 0 aliphatic carbocycles. The molecule has 2 heterocycles. The van der Waals surface area contributed by atoms with Gasteiger partial charge >= 0.3 is 5.97 Å². The second kappa shape index (κ2) is 18.7. The zero-order chi connectivity index (χ0) is 37.2. The van der Waals surface area contributed by atoms with E-state index in [4.69, 9.17) is 24.4 Å². The van der Waals surface area contributed by atoms with Gasteiger partial charge in [0.2, 0.25) is 0 Å². The number of methoxy groups -OCH3 is 1. The molecular weight excluding hydrogens is 670 g/mol. The van der Waals surface area contributed by atoms with Gasteiger partial charge in [-0.05, 0) is 47.5 Å². The van der Waals surface area contributed by atoms with Crippen molar-refractivity contribution >= 4 is 33.8 Å². The first-order chi connectivity index (χ1) is 24.4. The molecule has 10 nitrogen and oxygen atoms in total. The quantitative estimate of drug-likeness (QED) is 0.0877. The van der Waals surface area contributed by atoms with Gasteiger partial charge in [0.1, 0.15) is 39.9 Å². The van der Waals surface area contributed by atoms with Crippen molar-refractivity contribution in [2.75, 3.05) is 14.2 Å². The molecule has 0 atom stereocenters. The highest BCUT2D eigenvalue weighted by Gasteiger charge is 2.18. The Bertz CT molecular complexity index is 2090. The average Bonchev–Trinajstić information content (AvgIpc) is 3.75. The summed E-state index contributed by atoms with van der Waals surface area (Å²) in [5, 5.41) is 14.8. The maximum atomic E-state index is 13.8. The number of nitrogens with one attached hydrogen (secondary N) is 2. The molecule has 1 amide bonds. The van der Waals surface area contributed by atoms with E-state index in [9.17, 15) is 18.4 Å². The first kappa shape index (κ1) is 41.0. The summed E-state index contributed by atoms with van der Waals surface area (Å²) in [6.07, 6.45) is 0. The van der Waals surface area contributed by atoms with Crippen molar-refractivity contribution < 1.29 is 37.0 Å². The number of benzene rings is 4. The van der Waals surface area contributed by atoms with Crippen molar-refractivity contribution in [2.45, 2.75) is 52.9 Å². The predicted molar refractivity (Wildman–Crippen MR) is 200 cm³/mol. The summed E-state index contributed by atoms with van der Waals surface area (Å²) >= 11 is 0. The molecule has 0 spiro atoms. The third-order valence-electron chi connectivity index (χ3n) is 7.74. The van der Waals surface area contributed by atoms with E-state index in [1.54, 1.807) is 12.1 Å². The number of esters is 1. The SMILES string of the molecule is CC(C)NCc1ccc(-c2cc3cc(F)cc(C(N)=O)c3o2)cc1.CO.COC(=O)c1cc(F)cc2cc(-c3ccc(CNC(C)C)cc3)oc12.N. The molecule has 0 bridgehead atoms. The van der Waals surface area contributed by atoms with Gasteiger partial charge in [0.25, 0.3) is 5.91 Å². The predicted octanol–water partition coefficient (Wildman–Crippen LogP) is 8.13. The molecule has 0 radical (unpaired) electrons. The molecule has 8 N–H and O–H groups in total. The van der Waals surface area contributed by atoms with E-state index in [2.05, 4.69) is 38.3 Å². The number of primary amides is 1. The largest absolute Gasteiger partial charge is 0.465 e. The fraction of sp³-hybridized carbons (Fsp3) is 0.250. The summed E-state index contributed by atoms with van der Waals surface area (Å²) in [5.41, 5.74) is 10.1. The summed E-state index contributed by atoms with van der Waals surface area (Å²) in [4.78, 5) is 23.3. The first-order valence-corrected chi connectivity index (χ1v) is 16.4. The zero-order valence-corrected chi connectivity index (χ0v) is 30.2. The van der Waals surface area contributed by atoms with Gasteiger partial charge in [0, 0.05) is 54.2 Å². The van der Waals surface area contributed by atoms with Crippen LogP contribution >= 0.6 is 0 Å². The highest BCUT2D eigenvalue weighted by atomic mass is 19.1. The highest BCUT2D eigenvalue weighted by molar-refractivity contribution is 6.05. The third kappa shape index (κ3) is 10.3. The molecule has 0 fully saturated rings. The molecule has 276 valence electrons. The van der Waals surface area contributed by atoms with Gasteiger partial charge in [0.15, 0.2) is 0 Å². The number of carbonyl (C=O) groups is 2. The van der Waals surface area contributed by atoms with Crippen molar-refractivity contribution in [3.05, 3.63) is 119 Å². The molecule has 0 saturated heterocycles. The number of furan rings is 2. The minimum Gasteiger partial charge on any atom is -0.465 e. The minimum atomic E-state index is -0.712. The lowest BCUT2D eigenvalue weighted by molar-refractivity contribution is 0.0601. The maximum Gasteiger partial charge on any atom is 0.341 e. The Morgan fingerprint density at radius 3 is 1.44 bits per heavy atom. The Hall–Kier alpha value is -5.40. The lowest BCUT2D eigenvalue weighted by Gasteiger charge is -2.08. The van der Waals surface area contributed by atoms with Crippen molar-refractivity contribution in [1.82, 2.24) is 16.8 Å². The number of ether oxygens (including phenoxy) is 1. The van der Waals surface area contributed by atoms with Crippen LogP contribution in [0.25, 0.3) is 44.6 Å². The van der Waals surface area contributed by atoms with E-state index in [0.717, 1.165) is 54.6 Å². The number of aliphatic hydroxyl groups excluding tert-OH is 1. The molecule has 0 aliphatic heterocycles. The second-order valence-electron chi connectivity index (χ2n) is 12.3. The molecule has 4 aromatic carbocycles. The van der Waals surface area contributed by atoms with E-state index in [1.165, 1.54) is 19.2 Å². The van der Waals surface area contributed by atoms with Gasteiger partial charge in [-0.1, -0.05) is 76.2 Å². The molecule has 0 aliphatic rings. The standard InChI is InChI=1S/C20H20FNO3.C19H19FN2O2.CH4O.H3N/c1-12(2)22-11-13-4-6-14(7-5-13)18-9-15-8-16(21)10-17(19(15)25-18)20(23)24-3;1-11(2)22-10-12-3-5-13(6-4-12)17-8-14-7-15(20)9-16(19(21)23)18(14)24-17;1-2;/h4-10,12,22H,11H2,1-3H3;3-9,11,22H,10H2,1-2H3,(H2,21,23);2H,1H3;1H3. The molecule has 12 heteroatoms. The number of aliphatic hydroxyl groups is 1. The normalized spacial score (nSPS) is 10.8. The number of hydrogen-bond acceptors (Lipinski definition) is 9. The van der Waals surface area contributed by atoms with Gasteiger partial charge in [-0.15, -0.1) is 0 Å². The van der Waals surface area contributed by atoms with Crippen LogP contribution in [-0.2, 0) is 17.8 Å². The monoisotopic (exact) mass is 716 g/mol. The van der Waals surface area contributed by atoms with Crippen LogP contribution in [0, 0.1) is 11.6 Å². The molecule has 52 heavy (non-hydrogen) atoms. The molecule has 0 unspecified atom stereocenters. The Kier molecular flexibility index (Phi) is 14.8. The van der Waals surface area contributed by atoms with Crippen molar-refractivity contribution in [2.24, 2.45) is 5.73 Å². The Balaban J connectivity index is 0.000000263. The van der Waals surface area contributed by atoms with E-state index >= 15 is 0 Å². The Labute approximate surface area is 301 Å². The van der Waals surface area contributed by atoms with Crippen molar-refractivity contribution in [3.8, 4) is 22.6 Å². The Morgan fingerprint density at radius 2 is 1.08 bits per heavy atom. The number of fused-ring (bicyclic) bond motifs is 2. The molecular formula is C40H46F2N4O6. The van der Waals surface area contributed by atoms with E-state index in [0.29, 0.717) is 45.5 Å². The van der Waals surface area contributed by atoms with Crippen LogP contribution in [0.15, 0.2) is 93.8 Å². The van der Waals surface area contributed by atoms with Crippen LogP contribution in [0.3, 0.4) is 0 Å². The summed E-state index contributed by atoms with van der Waals surface area (Å²) in [7, 11) is 2.26. The van der Waals surface area contributed by atoms with Crippen LogP contribution < -0.4 is 22.5 Å². The molecule has 2 aromatic heterocycles. The van der Waals surface area contributed by atoms with Crippen molar-refractivity contribution in [1.29, 1.82) is 0 Å². The summed E-state index contributed by atoms with van der Waals surface area (Å²) < 4.78 is 43.6. The summed E-state index contributed by atoms with van der Waals surface area (Å²) in [6, 6.07) is 25.0. The maximum absolute atomic E-state index is 13.8. The van der Waals surface area contributed by atoms with E-state index < -0.39 is 23.5 Å². The van der Waals surface area contributed by atoms with Gasteiger partial charge in [-0.25, -0.2) is 13.6 Å². The van der Waals surface area contributed by atoms with Gasteiger partial charge < -0.3 is 41.2 Å². The number of halogens is 2. The molecule has 6 aromatic rings. The third-order valence-corrected chi connectivity index (χ3v) is 7.74. The van der Waals surface area contributed by atoms with Gasteiger partial charge in [-0.3, -0.25) is 4.79 Å². The fourth-order valence-corrected chi connectivity index (χ4v) is 5.18. The number of hydrogen-bond donors (Lipinski definition) is 5. The smallest absolute Gasteiger partial charge is 0.341 e. The van der Waals surface area contributed by atoms with Crippen molar-refractivity contribution in [3.63, 3.8) is 0 Å². The van der Waals surface area contributed by atoms with Crippen LogP contribution in [-0.4, -0.2) is 43.3 Å². The lowest BCUT2D eigenvalue weighted by Crippen LogP contribution is -2.21. The van der Waals surface area contributed by atoms with Crippen LogP contribution in [0.4, 0.5) is 8.78 Å². The van der Waals surface area contributed by atoms with Crippen LogP contribution in [0.2, 0.25) is 0 Å². The number of nitrogens with two attached hydrogens (primary N) is 1. The molecule has 0 saturated carbocycles. The van der Waals surface area contributed by atoms with E-state index in [1.807, 2.05) is 48.5 Å². The number of rotatable bonds is 10. The first-order valence-electron chi connectivity index (χ1n) is 16.4.